The summed E-state index contributed by atoms with van der Waals surface area (Å²) in [4.78, 5) is 7.00. The second-order valence-corrected chi connectivity index (χ2v) is 6.22. The topological polar surface area (TPSA) is 56.8 Å². The average molecular weight is 283 g/mol. The minimum Gasteiger partial charge on any atom is -0.338 e. The molecule has 2 aliphatic rings. The Hall–Kier alpha value is -1.88. The Morgan fingerprint density at radius 2 is 2.24 bits per heavy atom. The van der Waals surface area contributed by atoms with Gasteiger partial charge in [0, 0.05) is 24.7 Å². The maximum absolute atomic E-state index is 4.69. The molecule has 2 atom stereocenters. The number of aromatic nitrogens is 3. The maximum Gasteiger partial charge on any atom is 0.245 e. The number of hydrogen-bond donors (Lipinski definition) is 2. The van der Waals surface area contributed by atoms with E-state index in [9.17, 15) is 0 Å². The Balaban J connectivity index is 1.55. The lowest BCUT2D eigenvalue weighted by Gasteiger charge is -2.24. The number of nitrogens with one attached hydrogen (secondary N) is 2. The molecule has 3 heterocycles. The first-order valence-electron chi connectivity index (χ1n) is 7.77. The molecule has 0 bridgehead atoms. The molecular formula is C16H21N5. The summed E-state index contributed by atoms with van der Waals surface area (Å²) in [5.41, 5.74) is 2.34. The number of H-pyrrole nitrogens is 1. The van der Waals surface area contributed by atoms with Crippen molar-refractivity contribution in [2.24, 2.45) is 5.92 Å². The van der Waals surface area contributed by atoms with E-state index in [1.54, 1.807) is 0 Å². The maximum atomic E-state index is 4.69. The molecule has 0 saturated carbocycles. The number of aromatic amines is 1. The van der Waals surface area contributed by atoms with Gasteiger partial charge in [-0.2, -0.15) is 4.98 Å². The number of benzene rings is 1. The molecule has 2 aromatic rings. The van der Waals surface area contributed by atoms with Gasteiger partial charge in [-0.25, -0.2) is 0 Å². The number of piperidine rings is 1. The largest absolute Gasteiger partial charge is 0.338 e. The second-order valence-electron chi connectivity index (χ2n) is 6.22. The lowest BCUT2D eigenvalue weighted by Crippen LogP contribution is -2.40. The van der Waals surface area contributed by atoms with Crippen molar-refractivity contribution < 1.29 is 0 Å². The van der Waals surface area contributed by atoms with Crippen LogP contribution in [0.4, 0.5) is 5.95 Å². The molecule has 2 saturated heterocycles. The molecule has 2 N–H and O–H groups in total. The van der Waals surface area contributed by atoms with E-state index >= 15 is 0 Å². The van der Waals surface area contributed by atoms with Crippen molar-refractivity contribution in [2.45, 2.75) is 25.8 Å². The standard InChI is InChI=1S/C16H21N5/c1-11-4-2-5-12(8-11)15-18-16(20-19-15)21-9-13-6-3-7-17-14(13)10-21/h2,4-5,8,13-14,17H,3,6-7,9-10H2,1H3,(H,18,19,20). The van der Waals surface area contributed by atoms with Crippen LogP contribution in [0.5, 0.6) is 0 Å². The lowest BCUT2D eigenvalue weighted by atomic mass is 9.94. The first kappa shape index (κ1) is 12.8. The van der Waals surface area contributed by atoms with Crippen LogP contribution in [0.3, 0.4) is 0 Å². The van der Waals surface area contributed by atoms with Gasteiger partial charge in [0.15, 0.2) is 5.82 Å². The van der Waals surface area contributed by atoms with Gasteiger partial charge in [-0.05, 0) is 38.3 Å². The Morgan fingerprint density at radius 1 is 1.29 bits per heavy atom. The van der Waals surface area contributed by atoms with Crippen LogP contribution in [-0.2, 0) is 0 Å². The predicted molar refractivity (Wildman–Crippen MR) is 83.3 cm³/mol. The van der Waals surface area contributed by atoms with Crippen LogP contribution in [0.1, 0.15) is 18.4 Å². The highest BCUT2D eigenvalue weighted by atomic mass is 15.4. The smallest absolute Gasteiger partial charge is 0.245 e. The van der Waals surface area contributed by atoms with Gasteiger partial charge < -0.3 is 10.2 Å². The van der Waals surface area contributed by atoms with Crippen molar-refractivity contribution in [1.29, 1.82) is 0 Å². The molecule has 5 nitrogen and oxygen atoms in total. The van der Waals surface area contributed by atoms with E-state index in [4.69, 9.17) is 4.98 Å². The molecular weight excluding hydrogens is 262 g/mol. The highest BCUT2D eigenvalue weighted by Gasteiger charge is 2.35. The van der Waals surface area contributed by atoms with Gasteiger partial charge in [-0.3, -0.25) is 5.10 Å². The summed E-state index contributed by atoms with van der Waals surface area (Å²) in [6, 6.07) is 8.97. The van der Waals surface area contributed by atoms with Crippen LogP contribution >= 0.6 is 0 Å². The zero-order valence-corrected chi connectivity index (χ0v) is 12.3. The van der Waals surface area contributed by atoms with Crippen molar-refractivity contribution >= 4 is 5.95 Å². The van der Waals surface area contributed by atoms with E-state index in [1.807, 2.05) is 0 Å². The van der Waals surface area contributed by atoms with Crippen LogP contribution in [0.2, 0.25) is 0 Å². The van der Waals surface area contributed by atoms with E-state index in [-0.39, 0.29) is 0 Å². The zero-order valence-electron chi connectivity index (χ0n) is 12.3. The van der Waals surface area contributed by atoms with Crippen molar-refractivity contribution in [2.75, 3.05) is 24.5 Å². The van der Waals surface area contributed by atoms with Crippen LogP contribution in [-0.4, -0.2) is 40.9 Å². The third kappa shape index (κ3) is 2.42. The minimum atomic E-state index is 0.611. The summed E-state index contributed by atoms with van der Waals surface area (Å²) >= 11 is 0. The average Bonchev–Trinajstić information content (AvgIpc) is 3.14. The van der Waals surface area contributed by atoms with Gasteiger partial charge in [0.05, 0.1) is 0 Å². The predicted octanol–water partition coefficient (Wildman–Crippen LogP) is 1.97. The quantitative estimate of drug-likeness (QED) is 0.885. The molecule has 5 heteroatoms. The molecule has 2 unspecified atom stereocenters. The third-order valence-electron chi connectivity index (χ3n) is 4.65. The van der Waals surface area contributed by atoms with E-state index < -0.39 is 0 Å². The molecule has 2 aliphatic heterocycles. The van der Waals surface area contributed by atoms with Gasteiger partial charge in [0.2, 0.25) is 5.95 Å². The number of aryl methyl sites for hydroxylation is 1. The highest BCUT2D eigenvalue weighted by Crippen LogP contribution is 2.28. The van der Waals surface area contributed by atoms with Crippen LogP contribution in [0, 0.1) is 12.8 Å². The summed E-state index contributed by atoms with van der Waals surface area (Å²) in [7, 11) is 0. The van der Waals surface area contributed by atoms with Crippen LogP contribution in [0.25, 0.3) is 11.4 Å². The van der Waals surface area contributed by atoms with Gasteiger partial charge >= 0.3 is 0 Å². The van der Waals surface area contributed by atoms with Gasteiger partial charge in [-0.15, -0.1) is 5.10 Å². The Bertz CT molecular complexity index is 621. The van der Waals surface area contributed by atoms with Crippen molar-refractivity contribution in [3.63, 3.8) is 0 Å². The van der Waals surface area contributed by atoms with Gasteiger partial charge in [0.25, 0.3) is 0 Å². The Labute approximate surface area is 124 Å². The minimum absolute atomic E-state index is 0.611. The second kappa shape index (κ2) is 5.15. The van der Waals surface area contributed by atoms with E-state index in [2.05, 4.69) is 51.6 Å². The fourth-order valence-electron chi connectivity index (χ4n) is 3.53. The highest BCUT2D eigenvalue weighted by molar-refractivity contribution is 5.57. The first-order chi connectivity index (χ1) is 10.3. The molecule has 1 aromatic carbocycles. The van der Waals surface area contributed by atoms with Crippen molar-refractivity contribution in [3.05, 3.63) is 29.8 Å². The molecule has 1 aromatic heterocycles. The van der Waals surface area contributed by atoms with E-state index in [1.165, 1.54) is 18.4 Å². The van der Waals surface area contributed by atoms with Crippen LogP contribution < -0.4 is 10.2 Å². The van der Waals surface area contributed by atoms with Crippen LogP contribution in [0.15, 0.2) is 24.3 Å². The molecule has 0 aliphatic carbocycles. The molecule has 0 radical (unpaired) electrons. The number of anilines is 1. The SMILES string of the molecule is Cc1cccc(-c2nc(N3CC4CCCNC4C3)n[nH]2)c1. The number of nitrogens with zero attached hydrogens (tertiary/aromatic N) is 3. The first-order valence-corrected chi connectivity index (χ1v) is 7.77. The Kier molecular flexibility index (Phi) is 3.15. The molecule has 4 rings (SSSR count). The number of fused-ring (bicyclic) bond motifs is 1. The number of hydrogen-bond acceptors (Lipinski definition) is 4. The third-order valence-corrected chi connectivity index (χ3v) is 4.65. The summed E-state index contributed by atoms with van der Waals surface area (Å²) < 4.78 is 0. The number of rotatable bonds is 2. The summed E-state index contributed by atoms with van der Waals surface area (Å²) in [6.07, 6.45) is 2.61. The lowest BCUT2D eigenvalue weighted by molar-refractivity contribution is 0.340. The normalized spacial score (nSPS) is 25.1. The van der Waals surface area contributed by atoms with Gasteiger partial charge in [-0.1, -0.05) is 23.8 Å². The Morgan fingerprint density at radius 3 is 3.10 bits per heavy atom. The van der Waals surface area contributed by atoms with E-state index in [0.29, 0.717) is 6.04 Å². The summed E-state index contributed by atoms with van der Waals surface area (Å²) in [5, 5.41) is 11.1. The monoisotopic (exact) mass is 283 g/mol. The fourth-order valence-corrected chi connectivity index (χ4v) is 3.53. The zero-order chi connectivity index (χ0) is 14.2. The summed E-state index contributed by atoms with van der Waals surface area (Å²) in [6.45, 7) is 5.34. The summed E-state index contributed by atoms with van der Waals surface area (Å²) in [5.74, 6) is 2.44. The molecule has 0 amide bonds. The molecule has 0 spiro atoms. The molecule has 110 valence electrons. The fraction of sp³-hybridized carbons (Fsp3) is 0.500. The van der Waals surface area contributed by atoms with Crippen molar-refractivity contribution in [3.8, 4) is 11.4 Å². The molecule has 2 fully saturated rings. The molecule has 21 heavy (non-hydrogen) atoms. The van der Waals surface area contributed by atoms with E-state index in [0.717, 1.165) is 42.9 Å². The van der Waals surface area contributed by atoms with Gasteiger partial charge in [0.1, 0.15) is 0 Å². The van der Waals surface area contributed by atoms with Crippen molar-refractivity contribution in [1.82, 2.24) is 20.5 Å².